The fourth-order valence-corrected chi connectivity index (χ4v) is 0.914. The Morgan fingerprint density at radius 1 is 1.38 bits per heavy atom. The molecular weight excluding hydrogens is 105 g/mol. The minimum atomic E-state index is -0.207. The molecule has 1 aliphatic heterocycles. The van der Waals surface area contributed by atoms with Crippen LogP contribution < -0.4 is 5.32 Å². The highest BCUT2D eigenvalue weighted by atomic mass is 19.1. The van der Waals surface area contributed by atoms with Crippen molar-refractivity contribution < 1.29 is 4.39 Å². The lowest BCUT2D eigenvalue weighted by atomic mass is 10.0. The van der Waals surface area contributed by atoms with Gasteiger partial charge < -0.3 is 5.32 Å². The summed E-state index contributed by atoms with van der Waals surface area (Å²) >= 11 is 0. The molecule has 0 spiro atoms. The average molecular weight is 116 g/mol. The Morgan fingerprint density at radius 3 is 2.38 bits per heavy atom. The smallest absolute Gasteiger partial charge is 0.0957 e. The Morgan fingerprint density at radius 2 is 2.00 bits per heavy atom. The monoisotopic (exact) mass is 116 g/mol. The molecule has 0 aromatic carbocycles. The third-order valence-electron chi connectivity index (χ3n) is 1.50. The molecule has 1 aliphatic rings. The van der Waals surface area contributed by atoms with E-state index in [1.165, 1.54) is 0 Å². The lowest BCUT2D eigenvalue weighted by Gasteiger charge is -2.18. The summed E-state index contributed by atoms with van der Waals surface area (Å²) in [5.41, 5.74) is 0. The molecule has 0 saturated carbocycles. The summed E-state index contributed by atoms with van der Waals surface area (Å²) in [6.07, 6.45) is 1.88. The van der Waals surface area contributed by atoms with Crippen LogP contribution in [0.25, 0.3) is 0 Å². The van der Waals surface area contributed by atoms with Crippen molar-refractivity contribution in [3.63, 3.8) is 0 Å². The van der Waals surface area contributed by atoms with Crippen LogP contribution in [0.5, 0.6) is 0 Å². The van der Waals surface area contributed by atoms with E-state index < -0.39 is 0 Å². The quantitative estimate of drug-likeness (QED) is 0.537. The van der Waals surface area contributed by atoms with Gasteiger partial charge in [0.25, 0.3) is 0 Å². The molecule has 1 N–H and O–H groups in total. The number of rotatable bonds is 1. The van der Waals surface area contributed by atoms with Crippen LogP contribution in [0.4, 0.5) is 4.39 Å². The first-order chi connectivity index (χ1) is 3.93. The molecule has 1 heterocycles. The van der Waals surface area contributed by atoms with Gasteiger partial charge in [-0.15, -0.1) is 0 Å². The molecule has 1 saturated heterocycles. The molecule has 0 bridgehead atoms. The van der Waals surface area contributed by atoms with E-state index in [1.807, 2.05) is 0 Å². The van der Waals surface area contributed by atoms with Crippen LogP contribution in [0.2, 0.25) is 0 Å². The number of piperidine rings is 1. The summed E-state index contributed by atoms with van der Waals surface area (Å²) in [6, 6.07) is 0. The largest absolute Gasteiger partial charge is 0.317 e. The maximum absolute atomic E-state index is 11.8. The highest BCUT2D eigenvalue weighted by Crippen LogP contribution is 2.13. The van der Waals surface area contributed by atoms with Crippen molar-refractivity contribution in [2.75, 3.05) is 19.8 Å². The lowest BCUT2D eigenvalue weighted by molar-refractivity contribution is 0.430. The second kappa shape index (κ2) is 3.02. The van der Waals surface area contributed by atoms with Crippen molar-refractivity contribution in [2.45, 2.75) is 12.8 Å². The Balaban J connectivity index is 2.13. The zero-order chi connectivity index (χ0) is 5.82. The highest BCUT2D eigenvalue weighted by molar-refractivity contribution is 4.93. The average Bonchev–Trinajstić information content (AvgIpc) is 1.90. The van der Waals surface area contributed by atoms with Gasteiger partial charge in [-0.3, -0.25) is 4.39 Å². The Labute approximate surface area is 49.3 Å². The fraction of sp³-hybridized carbons (Fsp3) is 0.833. The van der Waals surface area contributed by atoms with Gasteiger partial charge in [0.05, 0.1) is 6.67 Å². The van der Waals surface area contributed by atoms with E-state index in [-0.39, 0.29) is 6.67 Å². The summed E-state index contributed by atoms with van der Waals surface area (Å²) in [7, 11) is 0. The second-order valence-corrected chi connectivity index (χ2v) is 2.13. The van der Waals surface area contributed by atoms with Crippen molar-refractivity contribution in [1.82, 2.24) is 5.32 Å². The van der Waals surface area contributed by atoms with E-state index in [2.05, 4.69) is 5.32 Å². The predicted octanol–water partition coefficient (Wildman–Crippen LogP) is 0.914. The van der Waals surface area contributed by atoms with Crippen molar-refractivity contribution in [3.8, 4) is 0 Å². The molecule has 0 unspecified atom stereocenters. The molecule has 8 heavy (non-hydrogen) atoms. The molecule has 0 aromatic rings. The minimum Gasteiger partial charge on any atom is -0.317 e. The van der Waals surface area contributed by atoms with Crippen LogP contribution in [0.15, 0.2) is 0 Å². The summed E-state index contributed by atoms with van der Waals surface area (Å²) in [6.45, 7) is 1.74. The number of halogens is 1. The lowest BCUT2D eigenvalue weighted by Crippen LogP contribution is -2.27. The highest BCUT2D eigenvalue weighted by Gasteiger charge is 2.11. The van der Waals surface area contributed by atoms with E-state index in [4.69, 9.17) is 0 Å². The molecule has 0 atom stereocenters. The molecule has 1 nitrogen and oxygen atoms in total. The first kappa shape index (κ1) is 6.02. The summed E-state index contributed by atoms with van der Waals surface area (Å²) in [4.78, 5) is 0. The van der Waals surface area contributed by atoms with E-state index in [0.29, 0.717) is 0 Å². The minimum absolute atomic E-state index is 0.207. The van der Waals surface area contributed by atoms with Gasteiger partial charge in [-0.1, -0.05) is 0 Å². The zero-order valence-electron chi connectivity index (χ0n) is 4.91. The molecule has 0 amide bonds. The molecule has 0 aromatic heterocycles. The summed E-state index contributed by atoms with van der Waals surface area (Å²) in [5, 5.41) is 3.16. The molecular formula is C6H11FN. The topological polar surface area (TPSA) is 12.0 Å². The van der Waals surface area contributed by atoms with Gasteiger partial charge in [-0.05, 0) is 25.9 Å². The first-order valence-electron chi connectivity index (χ1n) is 3.04. The number of hydrogen-bond acceptors (Lipinski definition) is 1. The standard InChI is InChI=1S/C6H11FN/c7-5-6-1-3-8-4-2-6/h8H,1-5H2. The maximum atomic E-state index is 11.8. The van der Waals surface area contributed by atoms with Crippen LogP contribution in [-0.4, -0.2) is 19.8 Å². The van der Waals surface area contributed by atoms with Gasteiger partial charge in [0, 0.05) is 5.92 Å². The van der Waals surface area contributed by atoms with Crippen molar-refractivity contribution in [3.05, 3.63) is 5.92 Å². The maximum Gasteiger partial charge on any atom is 0.0957 e. The zero-order valence-corrected chi connectivity index (χ0v) is 4.91. The Hall–Kier alpha value is -0.110. The molecule has 1 fully saturated rings. The third-order valence-corrected chi connectivity index (χ3v) is 1.50. The summed E-state index contributed by atoms with van der Waals surface area (Å²) in [5.74, 6) is 1.07. The predicted molar refractivity (Wildman–Crippen MR) is 31.3 cm³/mol. The molecule has 2 heteroatoms. The van der Waals surface area contributed by atoms with Gasteiger partial charge in [-0.25, -0.2) is 0 Å². The van der Waals surface area contributed by atoms with Crippen LogP contribution in [-0.2, 0) is 0 Å². The first-order valence-corrected chi connectivity index (χ1v) is 3.04. The van der Waals surface area contributed by atoms with Crippen molar-refractivity contribution in [1.29, 1.82) is 0 Å². The normalized spacial score (nSPS) is 23.6. The molecule has 0 aliphatic carbocycles. The van der Waals surface area contributed by atoms with Gasteiger partial charge in [0.15, 0.2) is 0 Å². The van der Waals surface area contributed by atoms with Crippen LogP contribution in [0.1, 0.15) is 12.8 Å². The SMILES string of the molecule is FC[C]1CCNCC1. The number of hydrogen-bond donors (Lipinski definition) is 1. The van der Waals surface area contributed by atoms with Gasteiger partial charge >= 0.3 is 0 Å². The fourth-order valence-electron chi connectivity index (χ4n) is 0.914. The van der Waals surface area contributed by atoms with Crippen LogP contribution >= 0.6 is 0 Å². The number of nitrogens with one attached hydrogen (secondary N) is 1. The van der Waals surface area contributed by atoms with Crippen molar-refractivity contribution >= 4 is 0 Å². The Bertz CT molecular complexity index is 59.5. The van der Waals surface area contributed by atoms with Crippen LogP contribution in [0.3, 0.4) is 0 Å². The number of alkyl halides is 1. The van der Waals surface area contributed by atoms with E-state index in [9.17, 15) is 4.39 Å². The van der Waals surface area contributed by atoms with E-state index in [0.717, 1.165) is 31.8 Å². The van der Waals surface area contributed by atoms with Gasteiger partial charge in [-0.2, -0.15) is 0 Å². The summed E-state index contributed by atoms with van der Waals surface area (Å²) < 4.78 is 11.8. The van der Waals surface area contributed by atoms with E-state index in [1.54, 1.807) is 0 Å². The van der Waals surface area contributed by atoms with Gasteiger partial charge in [0.2, 0.25) is 0 Å². The van der Waals surface area contributed by atoms with Gasteiger partial charge in [0.1, 0.15) is 0 Å². The van der Waals surface area contributed by atoms with Crippen LogP contribution in [0, 0.1) is 5.92 Å². The third kappa shape index (κ3) is 1.44. The second-order valence-electron chi connectivity index (χ2n) is 2.13. The van der Waals surface area contributed by atoms with Crippen molar-refractivity contribution in [2.24, 2.45) is 0 Å². The molecule has 1 radical (unpaired) electrons. The Kier molecular flexibility index (Phi) is 2.27. The van der Waals surface area contributed by atoms with E-state index >= 15 is 0 Å². The molecule has 1 rings (SSSR count). The molecule has 47 valence electrons.